The van der Waals surface area contributed by atoms with Crippen LogP contribution in [0.3, 0.4) is 0 Å². The number of allylic oxidation sites excluding steroid dienone is 3. The van der Waals surface area contributed by atoms with Gasteiger partial charge in [0.25, 0.3) is 0 Å². The number of rotatable bonds is 5. The highest BCUT2D eigenvalue weighted by molar-refractivity contribution is 5.88. The van der Waals surface area contributed by atoms with Crippen LogP contribution in [0.25, 0.3) is 28.0 Å². The van der Waals surface area contributed by atoms with E-state index in [1.807, 2.05) is 30.3 Å². The van der Waals surface area contributed by atoms with Gasteiger partial charge in [-0.25, -0.2) is 9.59 Å². The molecule has 0 saturated heterocycles. The molecule has 0 unspecified atom stereocenters. The topological polar surface area (TPSA) is 78.9 Å². The molecule has 1 aliphatic rings. The van der Waals surface area contributed by atoms with Crippen LogP contribution >= 0.6 is 0 Å². The fourth-order valence-corrected chi connectivity index (χ4v) is 5.13. The van der Waals surface area contributed by atoms with Crippen molar-refractivity contribution < 1.29 is 18.3 Å². The molecule has 6 nitrogen and oxygen atoms in total. The molecule has 184 valence electrons. The second kappa shape index (κ2) is 9.19. The van der Waals surface area contributed by atoms with E-state index in [0.29, 0.717) is 28.2 Å². The maximum absolute atomic E-state index is 12.2. The number of ether oxygens (including phenoxy) is 2. The normalized spacial score (nSPS) is 20.1. The highest BCUT2D eigenvalue weighted by atomic mass is 16.5. The number of benzene rings is 2. The van der Waals surface area contributed by atoms with Crippen molar-refractivity contribution in [1.82, 2.24) is 0 Å². The summed E-state index contributed by atoms with van der Waals surface area (Å²) in [6.07, 6.45) is 8.14. The Morgan fingerprint density at radius 2 is 1.44 bits per heavy atom. The van der Waals surface area contributed by atoms with Crippen LogP contribution < -0.4 is 20.7 Å². The van der Waals surface area contributed by atoms with Crippen molar-refractivity contribution in [3.8, 4) is 11.5 Å². The van der Waals surface area contributed by atoms with Gasteiger partial charge in [-0.15, -0.1) is 0 Å². The van der Waals surface area contributed by atoms with Gasteiger partial charge in [0.05, 0.1) is 19.8 Å². The van der Waals surface area contributed by atoms with Crippen LogP contribution in [0.4, 0.5) is 0 Å². The summed E-state index contributed by atoms with van der Waals surface area (Å²) in [5, 5.41) is 1.65. The first-order valence-electron chi connectivity index (χ1n) is 11.9. The lowest BCUT2D eigenvalue weighted by Crippen LogP contribution is -2.26. The van der Waals surface area contributed by atoms with Crippen molar-refractivity contribution in [2.24, 2.45) is 5.41 Å². The molecule has 0 fully saturated rings. The third kappa shape index (κ3) is 4.13. The zero-order chi connectivity index (χ0) is 25.4. The number of fused-ring (bicyclic) bond motifs is 2. The Hall–Kier alpha value is -4.06. The number of hydrogen-bond donors (Lipinski definition) is 0. The van der Waals surface area contributed by atoms with Gasteiger partial charge in [-0.2, -0.15) is 0 Å². The van der Waals surface area contributed by atoms with Gasteiger partial charge in [0.1, 0.15) is 22.7 Å². The molecule has 2 atom stereocenters. The summed E-state index contributed by atoms with van der Waals surface area (Å²) >= 11 is 0. The lowest BCUT2D eigenvalue weighted by atomic mass is 9.65. The fourth-order valence-electron chi connectivity index (χ4n) is 5.13. The zero-order valence-corrected chi connectivity index (χ0v) is 20.8. The minimum atomic E-state index is -0.416. The van der Waals surface area contributed by atoms with Gasteiger partial charge in [0, 0.05) is 34.4 Å². The molecule has 36 heavy (non-hydrogen) atoms. The third-order valence-corrected chi connectivity index (χ3v) is 7.18. The standard InChI is InChI=1S/C30H28O6/c1-18-13-15-30(2,16-14-21-23(33-3)9-5-19-7-11-25(31)35-28(19)21)22(17-18)27-24(34-4)10-6-20-8-12-26(32)36-29(20)27/h5-12,14,16-17,22H,13,15H2,1-4H3/t22-,30+/m1/s1. The van der Waals surface area contributed by atoms with Crippen LogP contribution in [-0.2, 0) is 0 Å². The molecule has 0 spiro atoms. The van der Waals surface area contributed by atoms with Gasteiger partial charge in [-0.1, -0.05) is 30.7 Å². The van der Waals surface area contributed by atoms with Crippen LogP contribution in [0.1, 0.15) is 43.7 Å². The molecule has 0 bridgehead atoms. The first kappa shape index (κ1) is 23.7. The average Bonchev–Trinajstić information content (AvgIpc) is 2.88. The first-order chi connectivity index (χ1) is 17.3. The van der Waals surface area contributed by atoms with E-state index < -0.39 is 11.3 Å². The van der Waals surface area contributed by atoms with E-state index in [0.717, 1.165) is 29.2 Å². The van der Waals surface area contributed by atoms with E-state index in [4.69, 9.17) is 18.3 Å². The number of hydrogen-bond acceptors (Lipinski definition) is 6. The van der Waals surface area contributed by atoms with Crippen molar-refractivity contribution in [3.63, 3.8) is 0 Å². The van der Waals surface area contributed by atoms with Crippen LogP contribution in [0.2, 0.25) is 0 Å². The van der Waals surface area contributed by atoms with E-state index in [9.17, 15) is 9.59 Å². The van der Waals surface area contributed by atoms with Crippen LogP contribution in [0, 0.1) is 5.41 Å². The smallest absolute Gasteiger partial charge is 0.336 e. The van der Waals surface area contributed by atoms with E-state index in [-0.39, 0.29) is 11.3 Å². The molecule has 6 heteroatoms. The second-order valence-electron chi connectivity index (χ2n) is 9.54. The maximum atomic E-state index is 12.2. The Morgan fingerprint density at radius 3 is 2.11 bits per heavy atom. The molecule has 0 radical (unpaired) electrons. The van der Waals surface area contributed by atoms with Gasteiger partial charge in [0.15, 0.2) is 0 Å². The Morgan fingerprint density at radius 1 is 0.861 bits per heavy atom. The van der Waals surface area contributed by atoms with Gasteiger partial charge in [-0.3, -0.25) is 0 Å². The van der Waals surface area contributed by atoms with Gasteiger partial charge in [-0.05, 0) is 61.6 Å². The quantitative estimate of drug-likeness (QED) is 0.239. The second-order valence-corrected chi connectivity index (χ2v) is 9.54. The predicted molar refractivity (Wildman–Crippen MR) is 141 cm³/mol. The van der Waals surface area contributed by atoms with Gasteiger partial charge < -0.3 is 18.3 Å². The van der Waals surface area contributed by atoms with Gasteiger partial charge in [0.2, 0.25) is 0 Å². The SMILES string of the molecule is COc1ccc2ccc(=O)oc2c1C=C[C@]1(C)CCC(C)=C[C@@H]1c1c(OC)ccc2ccc(=O)oc12. The minimum Gasteiger partial charge on any atom is -0.496 e. The lowest BCUT2D eigenvalue weighted by Gasteiger charge is -2.38. The Bertz CT molecular complexity index is 1640. The minimum absolute atomic E-state index is 0.125. The summed E-state index contributed by atoms with van der Waals surface area (Å²) in [6.45, 7) is 4.30. The summed E-state index contributed by atoms with van der Waals surface area (Å²) in [6, 6.07) is 13.9. The zero-order valence-electron chi connectivity index (χ0n) is 20.8. The van der Waals surface area contributed by atoms with Gasteiger partial charge >= 0.3 is 11.3 Å². The van der Waals surface area contributed by atoms with E-state index in [2.05, 4.69) is 26.0 Å². The molecule has 2 heterocycles. The van der Waals surface area contributed by atoms with E-state index in [1.54, 1.807) is 26.4 Å². The summed E-state index contributed by atoms with van der Waals surface area (Å²) in [7, 11) is 3.22. The average molecular weight is 485 g/mol. The molecule has 5 rings (SSSR count). The van der Waals surface area contributed by atoms with E-state index >= 15 is 0 Å². The van der Waals surface area contributed by atoms with Crippen molar-refractivity contribution in [3.05, 3.63) is 98.2 Å². The summed E-state index contributed by atoms with van der Waals surface area (Å²) in [5.74, 6) is 1.16. The monoisotopic (exact) mass is 484 g/mol. The fraction of sp³-hybridized carbons (Fsp3) is 0.267. The molecule has 0 saturated carbocycles. The molecule has 2 aromatic carbocycles. The summed E-state index contributed by atoms with van der Waals surface area (Å²) < 4.78 is 22.7. The molecular weight excluding hydrogens is 456 g/mol. The van der Waals surface area contributed by atoms with E-state index in [1.165, 1.54) is 17.7 Å². The molecule has 0 aliphatic heterocycles. The van der Waals surface area contributed by atoms with Crippen molar-refractivity contribution in [2.75, 3.05) is 14.2 Å². The Balaban J connectivity index is 1.71. The third-order valence-electron chi connectivity index (χ3n) is 7.18. The highest BCUT2D eigenvalue weighted by Gasteiger charge is 2.38. The van der Waals surface area contributed by atoms with Crippen LogP contribution in [0.5, 0.6) is 11.5 Å². The summed E-state index contributed by atoms with van der Waals surface area (Å²) in [4.78, 5) is 24.2. The maximum Gasteiger partial charge on any atom is 0.336 e. The Kier molecular flexibility index (Phi) is 6.04. The lowest BCUT2D eigenvalue weighted by molar-refractivity contribution is 0.321. The van der Waals surface area contributed by atoms with Crippen molar-refractivity contribution in [2.45, 2.75) is 32.6 Å². The molecule has 4 aromatic rings. The molecule has 2 aromatic heterocycles. The van der Waals surface area contributed by atoms with Crippen LogP contribution in [0.15, 0.2) is 84.7 Å². The summed E-state index contributed by atoms with van der Waals surface area (Å²) in [5.41, 5.74) is 2.64. The number of methoxy groups -OCH3 is 2. The van der Waals surface area contributed by atoms with Crippen molar-refractivity contribution in [1.29, 1.82) is 0 Å². The largest absolute Gasteiger partial charge is 0.496 e. The molecule has 0 N–H and O–H groups in total. The van der Waals surface area contributed by atoms with Crippen LogP contribution in [-0.4, -0.2) is 14.2 Å². The Labute approximate surface area is 208 Å². The molecular formula is C30H28O6. The van der Waals surface area contributed by atoms with Crippen molar-refractivity contribution >= 4 is 28.0 Å². The highest BCUT2D eigenvalue weighted by Crippen LogP contribution is 2.51. The molecule has 0 amide bonds. The first-order valence-corrected chi connectivity index (χ1v) is 11.9. The molecule has 1 aliphatic carbocycles. The predicted octanol–water partition coefficient (Wildman–Crippen LogP) is 6.46.